The van der Waals surface area contributed by atoms with Crippen molar-refractivity contribution >= 4 is 33.2 Å². The molecule has 1 nitrogen and oxygen atoms in total. The molecule has 0 aromatic heterocycles. The highest BCUT2D eigenvalue weighted by atomic mass is 79.9. The Morgan fingerprint density at radius 2 is 1.84 bits per heavy atom. The highest BCUT2D eigenvalue weighted by Crippen LogP contribution is 2.27. The van der Waals surface area contributed by atoms with Crippen molar-refractivity contribution in [1.29, 1.82) is 0 Å². The summed E-state index contributed by atoms with van der Waals surface area (Å²) in [5.41, 5.74) is 0.750. The minimum Gasteiger partial charge on any atom is -0.376 e. The lowest BCUT2D eigenvalue weighted by molar-refractivity contribution is 0.596. The van der Waals surface area contributed by atoms with Crippen LogP contribution >= 0.6 is 27.5 Å². The van der Waals surface area contributed by atoms with Gasteiger partial charge in [-0.3, -0.25) is 0 Å². The third-order valence-corrected chi connectivity index (χ3v) is 3.46. The SMILES string of the molecule is CC(Nc1ccc(Cl)cc1F)c1cc(Br)ccc1F. The van der Waals surface area contributed by atoms with Gasteiger partial charge < -0.3 is 5.32 Å². The lowest BCUT2D eigenvalue weighted by Gasteiger charge is -2.17. The van der Waals surface area contributed by atoms with E-state index in [-0.39, 0.29) is 17.5 Å². The van der Waals surface area contributed by atoms with Gasteiger partial charge in [0.2, 0.25) is 0 Å². The molecule has 0 aliphatic rings. The van der Waals surface area contributed by atoms with Gasteiger partial charge in [0, 0.05) is 15.1 Å². The predicted octanol–water partition coefficient (Wildman–Crippen LogP) is 5.55. The molecule has 0 amide bonds. The molecule has 100 valence electrons. The summed E-state index contributed by atoms with van der Waals surface area (Å²) in [6.45, 7) is 1.76. The summed E-state index contributed by atoms with van der Waals surface area (Å²) < 4.78 is 28.1. The Bertz CT molecular complexity index is 604. The van der Waals surface area contributed by atoms with Crippen molar-refractivity contribution in [3.8, 4) is 0 Å². The Morgan fingerprint density at radius 3 is 2.53 bits per heavy atom. The third kappa shape index (κ3) is 3.45. The normalized spacial score (nSPS) is 12.3. The fourth-order valence-electron chi connectivity index (χ4n) is 1.76. The number of nitrogens with one attached hydrogen (secondary N) is 1. The molecule has 0 fully saturated rings. The zero-order valence-electron chi connectivity index (χ0n) is 10.1. The van der Waals surface area contributed by atoms with Gasteiger partial charge in [0.1, 0.15) is 11.6 Å². The van der Waals surface area contributed by atoms with E-state index in [0.29, 0.717) is 10.6 Å². The van der Waals surface area contributed by atoms with Gasteiger partial charge in [-0.25, -0.2) is 8.78 Å². The van der Waals surface area contributed by atoms with Crippen LogP contribution in [0, 0.1) is 11.6 Å². The Balaban J connectivity index is 2.25. The van der Waals surface area contributed by atoms with E-state index in [4.69, 9.17) is 11.6 Å². The maximum atomic E-state index is 13.7. The summed E-state index contributed by atoms with van der Waals surface area (Å²) >= 11 is 8.97. The zero-order valence-corrected chi connectivity index (χ0v) is 12.4. The summed E-state index contributed by atoms with van der Waals surface area (Å²) in [5, 5.41) is 3.25. The number of anilines is 1. The predicted molar refractivity (Wildman–Crippen MR) is 77.5 cm³/mol. The summed E-state index contributed by atoms with van der Waals surface area (Å²) in [6.07, 6.45) is 0. The molecular formula is C14H11BrClF2N. The molecule has 0 spiro atoms. The fraction of sp³-hybridized carbons (Fsp3) is 0.143. The monoisotopic (exact) mass is 345 g/mol. The summed E-state index contributed by atoms with van der Waals surface area (Å²) in [5.74, 6) is -0.799. The highest BCUT2D eigenvalue weighted by molar-refractivity contribution is 9.10. The van der Waals surface area contributed by atoms with Crippen molar-refractivity contribution in [1.82, 2.24) is 0 Å². The molecule has 2 aromatic rings. The van der Waals surface area contributed by atoms with Crippen molar-refractivity contribution in [2.45, 2.75) is 13.0 Å². The van der Waals surface area contributed by atoms with Crippen LogP contribution in [0.4, 0.5) is 14.5 Å². The maximum Gasteiger partial charge on any atom is 0.147 e. The van der Waals surface area contributed by atoms with Crippen molar-refractivity contribution in [2.75, 3.05) is 5.32 Å². The molecule has 0 bridgehead atoms. The van der Waals surface area contributed by atoms with Crippen molar-refractivity contribution in [3.05, 3.63) is 63.1 Å². The molecule has 1 atom stereocenters. The Hall–Kier alpha value is -1.13. The molecule has 0 radical (unpaired) electrons. The van der Waals surface area contributed by atoms with E-state index in [1.165, 1.54) is 18.2 Å². The molecule has 0 aliphatic heterocycles. The highest BCUT2D eigenvalue weighted by Gasteiger charge is 2.13. The molecule has 1 unspecified atom stereocenters. The van der Waals surface area contributed by atoms with Crippen molar-refractivity contribution in [3.63, 3.8) is 0 Å². The third-order valence-electron chi connectivity index (χ3n) is 2.73. The van der Waals surface area contributed by atoms with Gasteiger partial charge in [-0.05, 0) is 43.3 Å². The number of rotatable bonds is 3. The van der Waals surface area contributed by atoms with Crippen LogP contribution in [-0.2, 0) is 0 Å². The van der Waals surface area contributed by atoms with Gasteiger partial charge in [-0.2, -0.15) is 0 Å². The van der Waals surface area contributed by atoms with Crippen LogP contribution in [-0.4, -0.2) is 0 Å². The van der Waals surface area contributed by atoms with E-state index in [1.54, 1.807) is 25.1 Å². The fourth-order valence-corrected chi connectivity index (χ4v) is 2.30. The van der Waals surface area contributed by atoms with Crippen molar-refractivity contribution < 1.29 is 8.78 Å². The molecule has 19 heavy (non-hydrogen) atoms. The standard InChI is InChI=1S/C14H11BrClF2N/c1-8(11-6-9(15)2-4-12(11)17)19-14-5-3-10(16)7-13(14)18/h2-8,19H,1H3. The second kappa shape index (κ2) is 5.88. The smallest absolute Gasteiger partial charge is 0.147 e. The topological polar surface area (TPSA) is 12.0 Å². The molecule has 0 aliphatic carbocycles. The van der Waals surface area contributed by atoms with Gasteiger partial charge in [0.15, 0.2) is 0 Å². The van der Waals surface area contributed by atoms with Crippen LogP contribution in [0.25, 0.3) is 0 Å². The van der Waals surface area contributed by atoms with Gasteiger partial charge in [-0.15, -0.1) is 0 Å². The van der Waals surface area contributed by atoms with Gasteiger partial charge in [0.05, 0.1) is 11.7 Å². The second-order valence-corrected chi connectivity index (χ2v) is 5.51. The first-order chi connectivity index (χ1) is 8.97. The number of benzene rings is 2. The van der Waals surface area contributed by atoms with Gasteiger partial charge in [-0.1, -0.05) is 27.5 Å². The van der Waals surface area contributed by atoms with Crippen LogP contribution in [0.2, 0.25) is 5.02 Å². The molecule has 0 saturated heterocycles. The Morgan fingerprint density at radius 1 is 1.11 bits per heavy atom. The Labute approximate surface area is 123 Å². The summed E-state index contributed by atoms with van der Waals surface area (Å²) in [4.78, 5) is 0. The quantitative estimate of drug-likeness (QED) is 0.768. The first-order valence-electron chi connectivity index (χ1n) is 5.64. The van der Waals surface area contributed by atoms with Crippen LogP contribution in [0.3, 0.4) is 0 Å². The van der Waals surface area contributed by atoms with Crippen molar-refractivity contribution in [2.24, 2.45) is 0 Å². The molecule has 1 N–H and O–H groups in total. The zero-order chi connectivity index (χ0) is 14.0. The van der Waals surface area contributed by atoms with E-state index in [1.807, 2.05) is 0 Å². The number of halogens is 4. The molecule has 0 heterocycles. The lowest BCUT2D eigenvalue weighted by Crippen LogP contribution is -2.09. The minimum absolute atomic E-state index is 0.288. The second-order valence-electron chi connectivity index (χ2n) is 4.16. The molecule has 5 heteroatoms. The van der Waals surface area contributed by atoms with E-state index in [2.05, 4.69) is 21.2 Å². The largest absolute Gasteiger partial charge is 0.376 e. The lowest BCUT2D eigenvalue weighted by atomic mass is 10.1. The molecular weight excluding hydrogens is 336 g/mol. The maximum absolute atomic E-state index is 13.7. The average molecular weight is 347 g/mol. The molecule has 0 saturated carbocycles. The first-order valence-corrected chi connectivity index (χ1v) is 6.81. The van der Waals surface area contributed by atoms with Crippen LogP contribution in [0.5, 0.6) is 0 Å². The van der Waals surface area contributed by atoms with Crippen LogP contribution < -0.4 is 5.32 Å². The van der Waals surface area contributed by atoms with E-state index >= 15 is 0 Å². The summed E-state index contributed by atoms with van der Waals surface area (Å²) in [6, 6.07) is 8.62. The summed E-state index contributed by atoms with van der Waals surface area (Å²) in [7, 11) is 0. The first kappa shape index (κ1) is 14.3. The Kier molecular flexibility index (Phi) is 4.42. The van der Waals surface area contributed by atoms with E-state index in [0.717, 1.165) is 4.47 Å². The van der Waals surface area contributed by atoms with Crippen LogP contribution in [0.1, 0.15) is 18.5 Å². The van der Waals surface area contributed by atoms with Gasteiger partial charge >= 0.3 is 0 Å². The molecule has 2 aromatic carbocycles. The van der Waals surface area contributed by atoms with E-state index in [9.17, 15) is 8.78 Å². The number of hydrogen-bond acceptors (Lipinski definition) is 1. The van der Waals surface area contributed by atoms with E-state index < -0.39 is 5.82 Å². The average Bonchev–Trinajstić information content (AvgIpc) is 2.35. The van der Waals surface area contributed by atoms with Crippen LogP contribution in [0.15, 0.2) is 40.9 Å². The molecule has 2 rings (SSSR count). The number of hydrogen-bond donors (Lipinski definition) is 1. The minimum atomic E-state index is -0.463. The van der Waals surface area contributed by atoms with Gasteiger partial charge in [0.25, 0.3) is 0 Å².